The summed E-state index contributed by atoms with van der Waals surface area (Å²) in [5.74, 6) is 0.115. The van der Waals surface area contributed by atoms with Crippen LogP contribution in [-0.2, 0) is 0 Å². The predicted octanol–water partition coefficient (Wildman–Crippen LogP) is 7.36. The van der Waals surface area contributed by atoms with Crippen LogP contribution in [0.2, 0.25) is 10.0 Å². The van der Waals surface area contributed by atoms with Crippen LogP contribution in [0.1, 0.15) is 10.4 Å². The Kier molecular flexibility index (Phi) is 4.12. The number of hydrogen-bond acceptors (Lipinski definition) is 3. The largest absolute Gasteiger partial charge is 0.478 e. The fourth-order valence-electron chi connectivity index (χ4n) is 3.49. The molecule has 142 valence electrons. The molecule has 0 amide bonds. The molecule has 0 unspecified atom stereocenters. The third-order valence-corrected chi connectivity index (χ3v) is 5.67. The third kappa shape index (κ3) is 3.07. The molecule has 2 N–H and O–H groups in total. The fourth-order valence-corrected chi connectivity index (χ4v) is 3.79. The van der Waals surface area contributed by atoms with E-state index in [4.69, 9.17) is 27.9 Å². The van der Waals surface area contributed by atoms with Gasteiger partial charge in [0.25, 0.3) is 0 Å². The van der Waals surface area contributed by atoms with Gasteiger partial charge in [0.15, 0.2) is 11.5 Å². The topological polar surface area (TPSA) is 58.6 Å². The first kappa shape index (κ1) is 17.9. The molecule has 4 nitrogen and oxygen atoms in total. The number of anilines is 2. The van der Waals surface area contributed by atoms with Crippen molar-refractivity contribution in [3.05, 3.63) is 82.3 Å². The molecule has 0 aliphatic carbocycles. The van der Waals surface area contributed by atoms with Gasteiger partial charge in [0.2, 0.25) is 0 Å². The summed E-state index contributed by atoms with van der Waals surface area (Å²) in [5, 5.41) is 15.6. The lowest BCUT2D eigenvalue weighted by atomic mass is 10.00. The molecule has 1 heterocycles. The Labute approximate surface area is 176 Å². The predicted molar refractivity (Wildman–Crippen MR) is 116 cm³/mol. The summed E-state index contributed by atoms with van der Waals surface area (Å²) in [7, 11) is 0. The quantitative estimate of drug-likeness (QED) is 0.312. The molecule has 1 aliphatic rings. The van der Waals surface area contributed by atoms with Crippen LogP contribution in [0.4, 0.5) is 11.4 Å². The molecule has 0 spiro atoms. The van der Waals surface area contributed by atoms with Gasteiger partial charge in [-0.25, -0.2) is 4.79 Å². The van der Waals surface area contributed by atoms with Crippen molar-refractivity contribution in [3.8, 4) is 22.6 Å². The maximum Gasteiger partial charge on any atom is 0.337 e. The molecule has 5 rings (SSSR count). The van der Waals surface area contributed by atoms with Gasteiger partial charge < -0.3 is 15.2 Å². The second-order valence-corrected chi connectivity index (χ2v) is 7.56. The van der Waals surface area contributed by atoms with E-state index in [1.165, 1.54) is 0 Å². The maximum atomic E-state index is 11.5. The minimum Gasteiger partial charge on any atom is -0.478 e. The lowest BCUT2D eigenvalue weighted by Gasteiger charge is -2.23. The highest BCUT2D eigenvalue weighted by Gasteiger charge is 2.22. The summed E-state index contributed by atoms with van der Waals surface area (Å²) in [4.78, 5) is 11.5. The Hall–Kier alpha value is -3.21. The number of aromatic carboxylic acids is 1. The Morgan fingerprint density at radius 3 is 2.41 bits per heavy atom. The number of nitrogens with one attached hydrogen (secondary N) is 1. The van der Waals surface area contributed by atoms with Crippen LogP contribution in [-0.4, -0.2) is 11.1 Å². The number of fused-ring (bicyclic) bond motifs is 3. The average Bonchev–Trinajstić information content (AvgIpc) is 2.71. The van der Waals surface area contributed by atoms with Gasteiger partial charge in [-0.1, -0.05) is 47.5 Å². The Balaban J connectivity index is 1.59. The van der Waals surface area contributed by atoms with Gasteiger partial charge in [-0.05, 0) is 64.4 Å². The smallest absolute Gasteiger partial charge is 0.337 e. The SMILES string of the molecule is O=C(O)c1cccc2c1Nc1cc3ccc(-c4ccc(Cl)c(Cl)c4)cc3cc1O2. The third-order valence-electron chi connectivity index (χ3n) is 4.93. The molecule has 6 heteroatoms. The van der Waals surface area contributed by atoms with E-state index in [2.05, 4.69) is 11.4 Å². The lowest BCUT2D eigenvalue weighted by molar-refractivity contribution is 0.0697. The minimum atomic E-state index is -1.01. The number of benzene rings is 4. The zero-order valence-corrected chi connectivity index (χ0v) is 16.4. The van der Waals surface area contributed by atoms with Gasteiger partial charge in [-0.3, -0.25) is 0 Å². The molecule has 0 saturated heterocycles. The van der Waals surface area contributed by atoms with Gasteiger partial charge in [0, 0.05) is 0 Å². The lowest BCUT2D eigenvalue weighted by Crippen LogP contribution is -2.08. The summed E-state index contributed by atoms with van der Waals surface area (Å²) in [6, 6.07) is 20.5. The number of hydrogen-bond donors (Lipinski definition) is 2. The molecule has 29 heavy (non-hydrogen) atoms. The summed E-state index contributed by atoms with van der Waals surface area (Å²) < 4.78 is 5.99. The summed E-state index contributed by atoms with van der Waals surface area (Å²) in [5.41, 5.74) is 3.33. The second-order valence-electron chi connectivity index (χ2n) is 6.75. The second kappa shape index (κ2) is 6.69. The highest BCUT2D eigenvalue weighted by molar-refractivity contribution is 6.42. The molecule has 0 bridgehead atoms. The molecule has 0 saturated carbocycles. The van der Waals surface area contributed by atoms with Crippen molar-refractivity contribution in [1.29, 1.82) is 0 Å². The van der Waals surface area contributed by atoms with Gasteiger partial charge in [-0.15, -0.1) is 0 Å². The van der Waals surface area contributed by atoms with Crippen LogP contribution in [0.5, 0.6) is 11.5 Å². The first-order chi connectivity index (χ1) is 14.0. The molecular weight excluding hydrogens is 409 g/mol. The minimum absolute atomic E-state index is 0.170. The van der Waals surface area contributed by atoms with E-state index in [-0.39, 0.29) is 5.56 Å². The fraction of sp³-hybridized carbons (Fsp3) is 0. The van der Waals surface area contributed by atoms with E-state index in [0.717, 1.165) is 27.6 Å². The molecule has 0 fully saturated rings. The van der Waals surface area contributed by atoms with E-state index in [9.17, 15) is 9.90 Å². The van der Waals surface area contributed by atoms with E-state index in [1.54, 1.807) is 24.3 Å². The first-order valence-corrected chi connectivity index (χ1v) is 9.59. The number of carboxylic acids is 1. The summed E-state index contributed by atoms with van der Waals surface area (Å²) in [6.07, 6.45) is 0. The Morgan fingerprint density at radius 2 is 1.62 bits per heavy atom. The molecule has 0 aromatic heterocycles. The van der Waals surface area contributed by atoms with E-state index in [1.807, 2.05) is 36.4 Å². The molecule has 4 aromatic rings. The van der Waals surface area contributed by atoms with Crippen molar-refractivity contribution in [2.75, 3.05) is 5.32 Å². The van der Waals surface area contributed by atoms with Crippen molar-refractivity contribution in [2.45, 2.75) is 0 Å². The summed E-state index contributed by atoms with van der Waals surface area (Å²) >= 11 is 12.2. The number of carboxylic acid groups (broad SMARTS) is 1. The van der Waals surface area contributed by atoms with Crippen LogP contribution >= 0.6 is 23.2 Å². The van der Waals surface area contributed by atoms with Crippen molar-refractivity contribution in [2.24, 2.45) is 0 Å². The van der Waals surface area contributed by atoms with Crippen molar-refractivity contribution in [1.82, 2.24) is 0 Å². The van der Waals surface area contributed by atoms with Crippen LogP contribution in [0.15, 0.2) is 66.7 Å². The number of para-hydroxylation sites is 1. The molecule has 0 atom stereocenters. The average molecular weight is 422 g/mol. The highest BCUT2D eigenvalue weighted by atomic mass is 35.5. The van der Waals surface area contributed by atoms with Gasteiger partial charge in [-0.2, -0.15) is 0 Å². The van der Waals surface area contributed by atoms with Crippen LogP contribution < -0.4 is 10.1 Å². The first-order valence-electron chi connectivity index (χ1n) is 8.84. The van der Waals surface area contributed by atoms with Gasteiger partial charge in [0.05, 0.1) is 27.0 Å². The zero-order valence-electron chi connectivity index (χ0n) is 14.9. The monoisotopic (exact) mass is 421 g/mol. The maximum absolute atomic E-state index is 11.5. The molecule has 4 aromatic carbocycles. The van der Waals surface area contributed by atoms with Crippen LogP contribution in [0.3, 0.4) is 0 Å². The summed E-state index contributed by atoms with van der Waals surface area (Å²) in [6.45, 7) is 0. The van der Waals surface area contributed by atoms with E-state index >= 15 is 0 Å². The number of ether oxygens (including phenoxy) is 1. The normalized spacial score (nSPS) is 11.9. The Morgan fingerprint density at radius 1 is 0.828 bits per heavy atom. The number of halogens is 2. The van der Waals surface area contributed by atoms with Crippen LogP contribution in [0, 0.1) is 0 Å². The highest BCUT2D eigenvalue weighted by Crippen LogP contribution is 2.45. The van der Waals surface area contributed by atoms with Crippen molar-refractivity contribution >= 4 is 51.3 Å². The van der Waals surface area contributed by atoms with Crippen molar-refractivity contribution in [3.63, 3.8) is 0 Å². The Bertz CT molecular complexity index is 1320. The van der Waals surface area contributed by atoms with Gasteiger partial charge in [0.1, 0.15) is 0 Å². The number of carbonyl (C=O) groups is 1. The van der Waals surface area contributed by atoms with Gasteiger partial charge >= 0.3 is 5.97 Å². The molecule has 1 aliphatic heterocycles. The van der Waals surface area contributed by atoms with Crippen LogP contribution in [0.25, 0.3) is 21.9 Å². The number of rotatable bonds is 2. The zero-order chi connectivity index (χ0) is 20.1. The molecule has 0 radical (unpaired) electrons. The molecular formula is C23H13Cl2NO3. The van der Waals surface area contributed by atoms with E-state index in [0.29, 0.717) is 27.2 Å². The van der Waals surface area contributed by atoms with E-state index < -0.39 is 5.97 Å². The standard InChI is InChI=1S/C23H13Cl2NO3/c24-17-7-6-13(9-18(17)25)12-4-5-14-10-19-21(11-15(14)8-12)29-20-3-1-2-16(23(27)28)22(20)26-19/h1-11,26H,(H,27,28). The van der Waals surface area contributed by atoms with Crippen molar-refractivity contribution < 1.29 is 14.6 Å².